The van der Waals surface area contributed by atoms with E-state index in [1.807, 2.05) is 0 Å². The Kier molecular flexibility index (Phi) is 7.32. The summed E-state index contributed by atoms with van der Waals surface area (Å²) in [5.74, 6) is -3.18. The molecule has 0 saturated carbocycles. The molecule has 188 valence electrons. The maximum Gasteiger partial charge on any atom is 0.260 e. The highest BCUT2D eigenvalue weighted by Crippen LogP contribution is 2.34. The molecule has 2 aromatic heterocycles. The van der Waals surface area contributed by atoms with Gasteiger partial charge in [0.05, 0.1) is 12.7 Å². The predicted molar refractivity (Wildman–Crippen MR) is 137 cm³/mol. The van der Waals surface area contributed by atoms with Crippen LogP contribution in [0.5, 0.6) is 5.75 Å². The summed E-state index contributed by atoms with van der Waals surface area (Å²) in [7, 11) is 1.49. The third-order valence-electron chi connectivity index (χ3n) is 5.40. The van der Waals surface area contributed by atoms with Crippen molar-refractivity contribution < 1.29 is 17.9 Å². The van der Waals surface area contributed by atoms with Gasteiger partial charge < -0.3 is 15.2 Å². The normalized spacial score (nSPS) is 11.3. The molecule has 4 aromatic rings. The Hall–Kier alpha value is -3.44. The number of hydrogen-bond acceptors (Lipinski definition) is 7. The van der Waals surface area contributed by atoms with Gasteiger partial charge in [-0.2, -0.15) is 4.98 Å². The number of pyridine rings is 1. The molecular formula is C24H21ClF3N5O2S. The first-order valence-corrected chi connectivity index (χ1v) is 12.0. The summed E-state index contributed by atoms with van der Waals surface area (Å²) in [6, 6.07) is 6.65. The minimum absolute atomic E-state index is 0.0457. The quantitative estimate of drug-likeness (QED) is 0.223. The Morgan fingerprint density at radius 1 is 1.17 bits per heavy atom. The molecule has 36 heavy (non-hydrogen) atoms. The average Bonchev–Trinajstić information content (AvgIpc) is 2.83. The monoisotopic (exact) mass is 535 g/mol. The summed E-state index contributed by atoms with van der Waals surface area (Å²) in [6.07, 6.45) is 1.36. The first kappa shape index (κ1) is 25.6. The van der Waals surface area contributed by atoms with Gasteiger partial charge in [0, 0.05) is 39.5 Å². The zero-order valence-corrected chi connectivity index (χ0v) is 21.0. The number of aromatic nitrogens is 3. The van der Waals surface area contributed by atoms with Crippen molar-refractivity contribution in [1.29, 1.82) is 0 Å². The number of rotatable bonds is 7. The average molecular weight is 536 g/mol. The first-order valence-electron chi connectivity index (χ1n) is 10.7. The van der Waals surface area contributed by atoms with Crippen LogP contribution < -0.4 is 20.8 Å². The number of nitrogen functional groups attached to an aromatic ring is 1. The molecule has 4 rings (SSSR count). The van der Waals surface area contributed by atoms with E-state index in [-0.39, 0.29) is 22.9 Å². The van der Waals surface area contributed by atoms with Crippen LogP contribution in [0.25, 0.3) is 22.2 Å². The lowest BCUT2D eigenvalue weighted by molar-refractivity contribution is 0.411. The fraction of sp³-hybridized carbons (Fsp3) is 0.208. The highest BCUT2D eigenvalue weighted by Gasteiger charge is 2.24. The van der Waals surface area contributed by atoms with Gasteiger partial charge in [0.15, 0.2) is 17.5 Å². The number of nitrogens with one attached hydrogen (secondary N) is 1. The number of anilines is 2. The molecule has 0 spiro atoms. The second-order valence-corrected chi connectivity index (χ2v) is 9.31. The molecule has 0 atom stereocenters. The number of halogens is 4. The van der Waals surface area contributed by atoms with Gasteiger partial charge in [-0.05, 0) is 56.1 Å². The van der Waals surface area contributed by atoms with Crippen LogP contribution in [0.1, 0.15) is 25.5 Å². The molecule has 0 aliphatic heterocycles. The molecule has 0 unspecified atom stereocenters. The van der Waals surface area contributed by atoms with E-state index in [1.54, 1.807) is 32.0 Å². The van der Waals surface area contributed by atoms with Crippen molar-refractivity contribution in [1.82, 2.24) is 14.5 Å². The Morgan fingerprint density at radius 3 is 2.61 bits per heavy atom. The lowest BCUT2D eigenvalue weighted by atomic mass is 10.0. The summed E-state index contributed by atoms with van der Waals surface area (Å²) in [5, 5.41) is 0.829. The molecule has 0 aliphatic rings. The summed E-state index contributed by atoms with van der Waals surface area (Å²) >= 11 is 6.93. The Balaban J connectivity index is 1.72. The standard InChI is InChI=1S/C24H21ClF3N5O2S/c1-11(2)33-22-12(9-30-24(29)31-22)7-16(23(33)34)15-8-17(26)21(20(28)19(15)27)32-36-10-13-6-14(25)4-5-18(13)35-3/h4-9,11,32H,10H2,1-3H3,(H2,29,30,31). The zero-order chi connectivity index (χ0) is 26.1. The van der Waals surface area contributed by atoms with Gasteiger partial charge in [-0.15, -0.1) is 0 Å². The van der Waals surface area contributed by atoms with E-state index in [2.05, 4.69) is 14.7 Å². The fourth-order valence-corrected chi connectivity index (χ4v) is 4.72. The van der Waals surface area contributed by atoms with Gasteiger partial charge in [0.25, 0.3) is 5.56 Å². The SMILES string of the molecule is COc1ccc(Cl)cc1CSNc1c(F)cc(-c2cc3cnc(N)nc3n(C(C)C)c2=O)c(F)c1F. The van der Waals surface area contributed by atoms with E-state index >= 15 is 8.78 Å². The van der Waals surface area contributed by atoms with Crippen molar-refractivity contribution in [2.75, 3.05) is 17.6 Å². The van der Waals surface area contributed by atoms with Crippen molar-refractivity contribution in [2.24, 2.45) is 0 Å². The smallest absolute Gasteiger partial charge is 0.260 e. The van der Waals surface area contributed by atoms with Gasteiger partial charge in [-0.1, -0.05) is 11.6 Å². The minimum atomic E-state index is -1.46. The van der Waals surface area contributed by atoms with Crippen LogP contribution in [0.3, 0.4) is 0 Å². The number of benzene rings is 2. The van der Waals surface area contributed by atoms with Gasteiger partial charge in [-0.25, -0.2) is 18.2 Å². The van der Waals surface area contributed by atoms with Crippen molar-refractivity contribution >= 4 is 46.2 Å². The van der Waals surface area contributed by atoms with Gasteiger partial charge in [-0.3, -0.25) is 9.36 Å². The Labute approximate surface area is 213 Å². The van der Waals surface area contributed by atoms with Crippen LogP contribution in [0.4, 0.5) is 24.8 Å². The summed E-state index contributed by atoms with van der Waals surface area (Å²) < 4.78 is 54.2. The van der Waals surface area contributed by atoms with Crippen molar-refractivity contribution in [3.63, 3.8) is 0 Å². The van der Waals surface area contributed by atoms with Gasteiger partial charge in [0.2, 0.25) is 5.95 Å². The highest BCUT2D eigenvalue weighted by atomic mass is 35.5. The first-order chi connectivity index (χ1) is 17.1. The molecule has 2 heterocycles. The topological polar surface area (TPSA) is 95.1 Å². The maximum absolute atomic E-state index is 15.2. The van der Waals surface area contributed by atoms with E-state index in [1.165, 1.54) is 23.9 Å². The predicted octanol–water partition coefficient (Wildman–Crippen LogP) is 5.96. The number of fused-ring (bicyclic) bond motifs is 1. The van der Waals surface area contributed by atoms with Crippen LogP contribution in [0, 0.1) is 17.5 Å². The molecular weight excluding hydrogens is 515 g/mol. The lowest BCUT2D eigenvalue weighted by Crippen LogP contribution is -2.25. The van der Waals surface area contributed by atoms with E-state index < -0.39 is 40.3 Å². The highest BCUT2D eigenvalue weighted by molar-refractivity contribution is 7.99. The van der Waals surface area contributed by atoms with Crippen molar-refractivity contribution in [3.8, 4) is 16.9 Å². The molecule has 0 aliphatic carbocycles. The summed E-state index contributed by atoms with van der Waals surface area (Å²) in [5.41, 5.74) is 4.46. The van der Waals surface area contributed by atoms with Gasteiger partial charge >= 0.3 is 0 Å². The summed E-state index contributed by atoms with van der Waals surface area (Å²) in [4.78, 5) is 21.2. The van der Waals surface area contributed by atoms with Crippen LogP contribution in [-0.4, -0.2) is 21.6 Å². The summed E-state index contributed by atoms with van der Waals surface area (Å²) in [6.45, 7) is 3.44. The van der Waals surface area contributed by atoms with Gasteiger partial charge in [0.1, 0.15) is 17.1 Å². The van der Waals surface area contributed by atoms with E-state index in [0.29, 0.717) is 21.7 Å². The van der Waals surface area contributed by atoms with Crippen LogP contribution in [0.15, 0.2) is 41.3 Å². The molecule has 0 bridgehead atoms. The molecule has 2 aromatic carbocycles. The third kappa shape index (κ3) is 4.80. The number of hydrogen-bond donors (Lipinski definition) is 2. The molecule has 7 nitrogen and oxygen atoms in total. The lowest BCUT2D eigenvalue weighted by Gasteiger charge is -2.17. The Bertz CT molecular complexity index is 1530. The molecule has 0 fully saturated rings. The van der Waals surface area contributed by atoms with E-state index in [9.17, 15) is 9.18 Å². The van der Waals surface area contributed by atoms with Crippen LogP contribution in [-0.2, 0) is 5.75 Å². The molecule has 12 heteroatoms. The Morgan fingerprint density at radius 2 is 1.92 bits per heavy atom. The second-order valence-electron chi connectivity index (χ2n) is 8.09. The molecule has 0 amide bonds. The van der Waals surface area contributed by atoms with Crippen molar-refractivity contribution in [2.45, 2.75) is 25.6 Å². The maximum atomic E-state index is 15.2. The number of ether oxygens (including phenoxy) is 1. The number of nitrogens with two attached hydrogens (primary N) is 1. The molecule has 3 N–H and O–H groups in total. The minimum Gasteiger partial charge on any atom is -0.496 e. The van der Waals surface area contributed by atoms with Crippen LogP contribution >= 0.6 is 23.5 Å². The number of methoxy groups -OCH3 is 1. The molecule has 0 radical (unpaired) electrons. The largest absolute Gasteiger partial charge is 0.496 e. The fourth-order valence-electron chi connectivity index (χ4n) is 3.74. The second kappa shape index (κ2) is 10.3. The molecule has 0 saturated heterocycles. The van der Waals surface area contributed by atoms with Crippen LogP contribution in [0.2, 0.25) is 5.02 Å². The van der Waals surface area contributed by atoms with E-state index in [4.69, 9.17) is 22.1 Å². The van der Waals surface area contributed by atoms with E-state index in [0.717, 1.165) is 18.0 Å². The zero-order valence-electron chi connectivity index (χ0n) is 19.4. The third-order valence-corrected chi connectivity index (χ3v) is 6.44. The number of nitrogens with zero attached hydrogens (tertiary/aromatic N) is 3. The van der Waals surface area contributed by atoms with Crippen molar-refractivity contribution in [3.05, 3.63) is 74.9 Å².